The number of imidazole rings is 1. The highest BCUT2D eigenvalue weighted by Crippen LogP contribution is 2.34. The van der Waals surface area contributed by atoms with E-state index in [1.807, 2.05) is 16.7 Å². The SMILES string of the molecule is COc1ccc(C(C)(C)C)cc1-c1cn2ccc(C(=O)O)cc2n1. The molecule has 0 atom stereocenters. The van der Waals surface area contributed by atoms with Crippen LogP contribution in [0.2, 0.25) is 0 Å². The monoisotopic (exact) mass is 324 g/mol. The number of fused-ring (bicyclic) bond motifs is 1. The molecule has 124 valence electrons. The summed E-state index contributed by atoms with van der Waals surface area (Å²) in [7, 11) is 1.63. The van der Waals surface area contributed by atoms with Crippen LogP contribution in [0, 0.1) is 0 Å². The molecule has 3 aromatic rings. The standard InChI is InChI=1S/C19H20N2O3/c1-19(2,3)13-5-6-16(24-4)14(10-13)15-11-21-8-7-12(18(22)23)9-17(21)20-15/h5-11H,1-4H3,(H,22,23). The second-order valence-electron chi connectivity index (χ2n) is 6.78. The summed E-state index contributed by atoms with van der Waals surface area (Å²) in [6.45, 7) is 6.46. The van der Waals surface area contributed by atoms with E-state index in [0.29, 0.717) is 5.65 Å². The Bertz CT molecular complexity index is 920. The van der Waals surface area contributed by atoms with Gasteiger partial charge in [-0.3, -0.25) is 0 Å². The summed E-state index contributed by atoms with van der Waals surface area (Å²) in [6.07, 6.45) is 3.58. The molecule has 1 N–H and O–H groups in total. The Morgan fingerprint density at radius 2 is 1.96 bits per heavy atom. The molecule has 24 heavy (non-hydrogen) atoms. The Kier molecular flexibility index (Phi) is 3.79. The molecule has 0 aliphatic heterocycles. The number of carboxylic acid groups (broad SMARTS) is 1. The van der Waals surface area contributed by atoms with Crippen LogP contribution in [0.4, 0.5) is 0 Å². The van der Waals surface area contributed by atoms with Crippen LogP contribution in [0.25, 0.3) is 16.9 Å². The van der Waals surface area contributed by atoms with Crippen LogP contribution < -0.4 is 4.74 Å². The Morgan fingerprint density at radius 1 is 1.21 bits per heavy atom. The minimum Gasteiger partial charge on any atom is -0.496 e. The van der Waals surface area contributed by atoms with E-state index in [1.54, 1.807) is 25.4 Å². The first-order valence-electron chi connectivity index (χ1n) is 7.70. The highest BCUT2D eigenvalue weighted by Gasteiger charge is 2.18. The zero-order valence-electron chi connectivity index (χ0n) is 14.2. The second-order valence-corrected chi connectivity index (χ2v) is 6.78. The minimum atomic E-state index is -0.964. The molecule has 2 aromatic heterocycles. The van der Waals surface area contributed by atoms with Crippen molar-refractivity contribution >= 4 is 11.6 Å². The highest BCUT2D eigenvalue weighted by atomic mass is 16.5. The number of hydrogen-bond acceptors (Lipinski definition) is 3. The molecule has 5 heteroatoms. The smallest absolute Gasteiger partial charge is 0.335 e. The summed E-state index contributed by atoms with van der Waals surface area (Å²) in [5, 5.41) is 9.12. The molecule has 0 aliphatic carbocycles. The van der Waals surface area contributed by atoms with Gasteiger partial charge in [0, 0.05) is 18.0 Å². The Labute approximate surface area is 140 Å². The van der Waals surface area contributed by atoms with Gasteiger partial charge in [-0.25, -0.2) is 9.78 Å². The van der Waals surface area contributed by atoms with Crippen molar-refractivity contribution in [3.8, 4) is 17.0 Å². The number of aromatic nitrogens is 2. The largest absolute Gasteiger partial charge is 0.496 e. The Morgan fingerprint density at radius 3 is 2.58 bits per heavy atom. The number of hydrogen-bond donors (Lipinski definition) is 1. The van der Waals surface area contributed by atoms with Crippen LogP contribution >= 0.6 is 0 Å². The number of pyridine rings is 1. The number of carboxylic acids is 1. The average Bonchev–Trinajstić information content (AvgIpc) is 2.96. The lowest BCUT2D eigenvalue weighted by Gasteiger charge is -2.20. The van der Waals surface area contributed by atoms with Crippen LogP contribution in [-0.4, -0.2) is 27.6 Å². The molecule has 1 aromatic carbocycles. The van der Waals surface area contributed by atoms with Gasteiger partial charge in [0.1, 0.15) is 11.4 Å². The summed E-state index contributed by atoms with van der Waals surface area (Å²) < 4.78 is 7.29. The Balaban J connectivity index is 2.17. The maximum absolute atomic E-state index is 11.1. The lowest BCUT2D eigenvalue weighted by molar-refractivity contribution is 0.0697. The highest BCUT2D eigenvalue weighted by molar-refractivity contribution is 5.88. The first-order valence-corrected chi connectivity index (χ1v) is 7.70. The summed E-state index contributed by atoms with van der Waals surface area (Å²) in [6, 6.07) is 9.21. The number of rotatable bonds is 3. The van der Waals surface area contributed by atoms with Crippen LogP contribution in [-0.2, 0) is 5.41 Å². The number of nitrogens with zero attached hydrogens (tertiary/aromatic N) is 2. The molecule has 0 amide bonds. The summed E-state index contributed by atoms with van der Waals surface area (Å²) >= 11 is 0. The molecule has 0 saturated heterocycles. The van der Waals surface area contributed by atoms with E-state index < -0.39 is 5.97 Å². The van der Waals surface area contributed by atoms with Crippen molar-refractivity contribution in [2.24, 2.45) is 0 Å². The van der Waals surface area contributed by atoms with E-state index in [9.17, 15) is 4.79 Å². The van der Waals surface area contributed by atoms with Gasteiger partial charge in [-0.2, -0.15) is 0 Å². The van der Waals surface area contributed by atoms with E-state index in [4.69, 9.17) is 9.84 Å². The van der Waals surface area contributed by atoms with Gasteiger partial charge in [0.25, 0.3) is 0 Å². The molecular weight excluding hydrogens is 304 g/mol. The van der Waals surface area contributed by atoms with E-state index in [2.05, 4.69) is 37.9 Å². The summed E-state index contributed by atoms with van der Waals surface area (Å²) in [4.78, 5) is 15.7. The van der Waals surface area contributed by atoms with Crippen molar-refractivity contribution in [2.75, 3.05) is 7.11 Å². The normalized spacial score (nSPS) is 11.7. The summed E-state index contributed by atoms with van der Waals surface area (Å²) in [5.41, 5.74) is 3.65. The third-order valence-electron chi connectivity index (χ3n) is 4.05. The van der Waals surface area contributed by atoms with Crippen molar-refractivity contribution < 1.29 is 14.6 Å². The lowest BCUT2D eigenvalue weighted by atomic mass is 9.86. The van der Waals surface area contributed by atoms with Gasteiger partial charge in [-0.1, -0.05) is 26.8 Å². The van der Waals surface area contributed by atoms with Crippen LogP contribution in [0.5, 0.6) is 5.75 Å². The first kappa shape index (κ1) is 16.1. The van der Waals surface area contributed by atoms with Crippen molar-refractivity contribution in [1.82, 2.24) is 9.38 Å². The van der Waals surface area contributed by atoms with Gasteiger partial charge in [0.05, 0.1) is 18.4 Å². The van der Waals surface area contributed by atoms with Gasteiger partial charge in [0.2, 0.25) is 0 Å². The van der Waals surface area contributed by atoms with Crippen LogP contribution in [0.1, 0.15) is 36.7 Å². The van der Waals surface area contributed by atoms with E-state index in [1.165, 1.54) is 5.56 Å². The van der Waals surface area contributed by atoms with Crippen molar-refractivity contribution in [2.45, 2.75) is 26.2 Å². The maximum atomic E-state index is 11.1. The molecule has 0 fully saturated rings. The number of carbonyl (C=O) groups is 1. The summed E-state index contributed by atoms with van der Waals surface area (Å²) in [5.74, 6) is -0.223. The van der Waals surface area contributed by atoms with Crippen LogP contribution in [0.15, 0.2) is 42.7 Å². The molecule has 5 nitrogen and oxygen atoms in total. The molecule has 0 bridgehead atoms. The predicted molar refractivity (Wildman–Crippen MR) is 92.8 cm³/mol. The fraction of sp³-hybridized carbons (Fsp3) is 0.263. The fourth-order valence-corrected chi connectivity index (χ4v) is 2.62. The van der Waals surface area contributed by atoms with Gasteiger partial charge < -0.3 is 14.2 Å². The van der Waals surface area contributed by atoms with Gasteiger partial charge >= 0.3 is 5.97 Å². The molecular formula is C19H20N2O3. The number of aromatic carboxylic acids is 1. The molecule has 0 saturated carbocycles. The fourth-order valence-electron chi connectivity index (χ4n) is 2.62. The number of benzene rings is 1. The van der Waals surface area contributed by atoms with E-state index in [-0.39, 0.29) is 11.0 Å². The lowest BCUT2D eigenvalue weighted by Crippen LogP contribution is -2.11. The molecule has 0 spiro atoms. The minimum absolute atomic E-state index is 0.0106. The zero-order chi connectivity index (χ0) is 17.5. The first-order chi connectivity index (χ1) is 11.3. The number of ether oxygens (including phenoxy) is 1. The average molecular weight is 324 g/mol. The third-order valence-corrected chi connectivity index (χ3v) is 4.05. The van der Waals surface area contributed by atoms with E-state index >= 15 is 0 Å². The molecule has 0 radical (unpaired) electrons. The molecule has 0 unspecified atom stereocenters. The van der Waals surface area contributed by atoms with Crippen LogP contribution in [0.3, 0.4) is 0 Å². The quantitative estimate of drug-likeness (QED) is 0.791. The molecule has 2 heterocycles. The van der Waals surface area contributed by atoms with Gasteiger partial charge in [-0.05, 0) is 35.2 Å². The van der Waals surface area contributed by atoms with Crippen molar-refractivity contribution in [1.29, 1.82) is 0 Å². The maximum Gasteiger partial charge on any atom is 0.335 e. The second kappa shape index (κ2) is 5.67. The van der Waals surface area contributed by atoms with Gasteiger partial charge in [0.15, 0.2) is 0 Å². The molecule has 0 aliphatic rings. The zero-order valence-corrected chi connectivity index (χ0v) is 14.2. The van der Waals surface area contributed by atoms with Crippen molar-refractivity contribution in [3.63, 3.8) is 0 Å². The molecule has 3 rings (SSSR count). The topological polar surface area (TPSA) is 63.8 Å². The third kappa shape index (κ3) is 2.85. The Hall–Kier alpha value is -2.82. The van der Waals surface area contributed by atoms with Gasteiger partial charge in [-0.15, -0.1) is 0 Å². The van der Waals surface area contributed by atoms with E-state index in [0.717, 1.165) is 17.0 Å². The predicted octanol–water partition coefficient (Wildman–Crippen LogP) is 4.01. The van der Waals surface area contributed by atoms with Crippen molar-refractivity contribution in [3.05, 3.63) is 53.9 Å². The number of methoxy groups -OCH3 is 1.